The van der Waals surface area contributed by atoms with Crippen LogP contribution in [0.25, 0.3) is 11.4 Å². The highest BCUT2D eigenvalue weighted by molar-refractivity contribution is 5.97. The first-order chi connectivity index (χ1) is 12.8. The molecule has 0 saturated carbocycles. The number of aromatic nitrogens is 2. The fourth-order valence-corrected chi connectivity index (χ4v) is 3.12. The monoisotopic (exact) mass is 377 g/mol. The topological polar surface area (TPSA) is 93.2 Å². The van der Waals surface area contributed by atoms with Crippen molar-refractivity contribution in [3.8, 4) is 11.4 Å². The molecule has 0 radical (unpaired) electrons. The van der Waals surface area contributed by atoms with Crippen LogP contribution < -0.4 is 11.1 Å². The number of carbonyl (C=O) groups is 2. The number of imidazole rings is 1. The normalized spacial score (nSPS) is 15.7. The van der Waals surface area contributed by atoms with E-state index in [2.05, 4.69) is 10.3 Å². The largest absolute Gasteiger partial charge is 0.368 e. The summed E-state index contributed by atoms with van der Waals surface area (Å²) in [6.07, 6.45) is 0.786. The molecule has 1 aromatic carbocycles. The van der Waals surface area contributed by atoms with Gasteiger partial charge in [-0.15, -0.1) is 0 Å². The van der Waals surface area contributed by atoms with E-state index in [4.69, 9.17) is 5.73 Å². The molecule has 1 aromatic heterocycles. The maximum atomic E-state index is 14.3. The van der Waals surface area contributed by atoms with E-state index in [9.17, 15) is 18.4 Å². The second-order valence-electron chi connectivity index (χ2n) is 6.70. The van der Waals surface area contributed by atoms with Gasteiger partial charge in [0.15, 0.2) is 5.69 Å². The van der Waals surface area contributed by atoms with Crippen LogP contribution in [0.15, 0.2) is 18.2 Å². The maximum Gasteiger partial charge on any atom is 0.272 e. The Morgan fingerprint density at radius 1 is 1.30 bits per heavy atom. The average Bonchev–Trinajstić information content (AvgIpc) is 2.81. The van der Waals surface area contributed by atoms with Crippen LogP contribution in [0.2, 0.25) is 0 Å². The van der Waals surface area contributed by atoms with Crippen LogP contribution in [0.3, 0.4) is 0 Å². The molecule has 27 heavy (non-hydrogen) atoms. The quantitative estimate of drug-likeness (QED) is 0.839. The summed E-state index contributed by atoms with van der Waals surface area (Å²) >= 11 is 0. The zero-order valence-corrected chi connectivity index (χ0v) is 15.1. The number of halogens is 2. The Bertz CT molecular complexity index is 896. The van der Waals surface area contributed by atoms with Gasteiger partial charge in [0.1, 0.15) is 23.5 Å². The van der Waals surface area contributed by atoms with Crippen molar-refractivity contribution in [1.29, 1.82) is 0 Å². The van der Waals surface area contributed by atoms with Gasteiger partial charge in [0, 0.05) is 19.2 Å². The number of amides is 2. The first-order valence-corrected chi connectivity index (χ1v) is 8.61. The van der Waals surface area contributed by atoms with Crippen LogP contribution in [-0.2, 0) is 17.9 Å². The minimum absolute atomic E-state index is 0.107. The van der Waals surface area contributed by atoms with Gasteiger partial charge in [-0.25, -0.2) is 13.8 Å². The first kappa shape index (κ1) is 19.0. The highest BCUT2D eigenvalue weighted by atomic mass is 19.1. The van der Waals surface area contributed by atoms with Crippen LogP contribution in [0.1, 0.15) is 29.5 Å². The van der Waals surface area contributed by atoms with Gasteiger partial charge in [-0.1, -0.05) is 0 Å². The lowest BCUT2D eigenvalue weighted by Crippen LogP contribution is -2.42. The molecule has 1 atom stereocenters. The summed E-state index contributed by atoms with van der Waals surface area (Å²) in [6, 6.07) is 2.37. The summed E-state index contributed by atoms with van der Waals surface area (Å²) in [7, 11) is 1.91. The maximum absolute atomic E-state index is 14.3. The zero-order chi connectivity index (χ0) is 19.7. The molecule has 2 aromatic rings. The SMILES string of the molecule is C[C@H](NC(=O)c1nc(-c2ccc(F)cc2F)n2c1CN(C)CCC2)C(N)=O. The third kappa shape index (κ3) is 3.82. The van der Waals surface area contributed by atoms with Gasteiger partial charge in [0.05, 0.1) is 11.3 Å². The molecule has 0 aliphatic carbocycles. The molecule has 0 spiro atoms. The molecule has 0 unspecified atom stereocenters. The van der Waals surface area contributed by atoms with Crippen molar-refractivity contribution in [2.75, 3.05) is 13.6 Å². The smallest absolute Gasteiger partial charge is 0.272 e. The first-order valence-electron chi connectivity index (χ1n) is 8.61. The number of nitrogens with one attached hydrogen (secondary N) is 1. The lowest BCUT2D eigenvalue weighted by Gasteiger charge is -2.14. The molecule has 1 aliphatic heterocycles. The van der Waals surface area contributed by atoms with Crippen LogP contribution in [0.4, 0.5) is 8.78 Å². The molecule has 2 amide bonds. The number of fused-ring (bicyclic) bond motifs is 1. The van der Waals surface area contributed by atoms with Gasteiger partial charge >= 0.3 is 0 Å². The summed E-state index contributed by atoms with van der Waals surface area (Å²) in [5, 5.41) is 2.51. The van der Waals surface area contributed by atoms with E-state index >= 15 is 0 Å². The van der Waals surface area contributed by atoms with E-state index in [0.717, 1.165) is 25.1 Å². The average molecular weight is 377 g/mol. The number of hydrogen-bond donors (Lipinski definition) is 2. The fraction of sp³-hybridized carbons (Fsp3) is 0.389. The summed E-state index contributed by atoms with van der Waals surface area (Å²) < 4.78 is 29.4. The van der Waals surface area contributed by atoms with Gasteiger partial charge in [-0.05, 0) is 39.1 Å². The van der Waals surface area contributed by atoms with E-state index in [1.54, 1.807) is 4.57 Å². The molecule has 7 nitrogen and oxygen atoms in total. The van der Waals surface area contributed by atoms with Crippen LogP contribution in [-0.4, -0.2) is 45.9 Å². The van der Waals surface area contributed by atoms with Crippen LogP contribution in [0.5, 0.6) is 0 Å². The Labute approximate surface area is 155 Å². The number of benzene rings is 1. The van der Waals surface area contributed by atoms with E-state index in [1.807, 2.05) is 11.9 Å². The van der Waals surface area contributed by atoms with Crippen molar-refractivity contribution in [3.63, 3.8) is 0 Å². The minimum atomic E-state index is -0.871. The third-order valence-electron chi connectivity index (χ3n) is 4.58. The van der Waals surface area contributed by atoms with E-state index < -0.39 is 29.5 Å². The molecular weight excluding hydrogens is 356 g/mol. The molecule has 2 heterocycles. The summed E-state index contributed by atoms with van der Waals surface area (Å²) in [6.45, 7) is 3.24. The Balaban J connectivity index is 2.10. The lowest BCUT2D eigenvalue weighted by molar-refractivity contribution is -0.119. The molecule has 1 aliphatic rings. The van der Waals surface area contributed by atoms with Crippen LogP contribution in [0, 0.1) is 11.6 Å². The fourth-order valence-electron chi connectivity index (χ4n) is 3.12. The van der Waals surface area contributed by atoms with Crippen molar-refractivity contribution in [2.24, 2.45) is 5.73 Å². The number of hydrogen-bond acceptors (Lipinski definition) is 4. The zero-order valence-electron chi connectivity index (χ0n) is 15.1. The minimum Gasteiger partial charge on any atom is -0.368 e. The standard InChI is InChI=1S/C18H21F2N5O2/c1-10(16(21)26)22-18(27)15-14-9-24(2)6-3-7-25(14)17(23-15)12-5-4-11(19)8-13(12)20/h4-5,8,10H,3,6-7,9H2,1-2H3,(H2,21,26)(H,22,27)/t10-/m0/s1. The highest BCUT2D eigenvalue weighted by Gasteiger charge is 2.28. The predicted molar refractivity (Wildman–Crippen MR) is 94.7 cm³/mol. The van der Waals surface area contributed by atoms with Gasteiger partial charge in [-0.3, -0.25) is 9.59 Å². The van der Waals surface area contributed by atoms with Crippen molar-refractivity contribution >= 4 is 11.8 Å². The van der Waals surface area contributed by atoms with Gasteiger partial charge < -0.3 is 20.5 Å². The molecule has 9 heteroatoms. The number of nitrogens with two attached hydrogens (primary N) is 1. The predicted octanol–water partition coefficient (Wildman–Crippen LogP) is 1.27. The Hall–Kier alpha value is -2.81. The molecular formula is C18H21F2N5O2. The van der Waals surface area contributed by atoms with Gasteiger partial charge in [0.2, 0.25) is 5.91 Å². The molecule has 3 N–H and O–H groups in total. The van der Waals surface area contributed by atoms with Crippen molar-refractivity contribution in [3.05, 3.63) is 41.2 Å². The Morgan fingerprint density at radius 3 is 2.70 bits per heavy atom. The third-order valence-corrected chi connectivity index (χ3v) is 4.58. The number of rotatable bonds is 4. The van der Waals surface area contributed by atoms with Gasteiger partial charge in [-0.2, -0.15) is 0 Å². The van der Waals surface area contributed by atoms with E-state index in [1.165, 1.54) is 13.0 Å². The van der Waals surface area contributed by atoms with Crippen LogP contribution >= 0.6 is 0 Å². The number of nitrogens with zero attached hydrogens (tertiary/aromatic N) is 3. The summed E-state index contributed by atoms with van der Waals surface area (Å²) in [5.41, 5.74) is 6.04. The van der Waals surface area contributed by atoms with E-state index in [0.29, 0.717) is 18.8 Å². The summed E-state index contributed by atoms with van der Waals surface area (Å²) in [5.74, 6) is -2.41. The Kier molecular flexibility index (Phi) is 5.22. The number of primary amides is 1. The van der Waals surface area contributed by atoms with Crippen molar-refractivity contribution < 1.29 is 18.4 Å². The second-order valence-corrected chi connectivity index (χ2v) is 6.70. The number of carbonyl (C=O) groups excluding carboxylic acids is 2. The summed E-state index contributed by atoms with van der Waals surface area (Å²) in [4.78, 5) is 30.3. The molecule has 0 fully saturated rings. The second kappa shape index (κ2) is 7.43. The van der Waals surface area contributed by atoms with Gasteiger partial charge in [0.25, 0.3) is 5.91 Å². The van der Waals surface area contributed by atoms with E-state index in [-0.39, 0.29) is 17.1 Å². The molecule has 144 valence electrons. The highest BCUT2D eigenvalue weighted by Crippen LogP contribution is 2.28. The molecule has 0 saturated heterocycles. The molecule has 3 rings (SSSR count). The molecule has 0 bridgehead atoms. The Morgan fingerprint density at radius 2 is 2.04 bits per heavy atom. The van der Waals surface area contributed by atoms with Crippen molar-refractivity contribution in [1.82, 2.24) is 19.8 Å². The van der Waals surface area contributed by atoms with Crippen molar-refractivity contribution in [2.45, 2.75) is 32.5 Å². The lowest BCUT2D eigenvalue weighted by atomic mass is 10.2.